The van der Waals surface area contributed by atoms with E-state index in [1.807, 2.05) is 0 Å². The van der Waals surface area contributed by atoms with Crippen LogP contribution in [-0.2, 0) is 29.5 Å². The molecule has 9 nitrogen and oxygen atoms in total. The molecule has 2 aromatic carbocycles. The van der Waals surface area contributed by atoms with Crippen molar-refractivity contribution in [3.8, 4) is 11.1 Å². The fraction of sp³-hybridized carbons (Fsp3) is 0.394. The number of nitrogens with one attached hydrogen (secondary N) is 2. The van der Waals surface area contributed by atoms with E-state index in [1.54, 1.807) is 49.3 Å². The highest BCUT2D eigenvalue weighted by Crippen LogP contribution is 2.44. The molecule has 2 N–H and O–H groups in total. The summed E-state index contributed by atoms with van der Waals surface area (Å²) in [5.74, 6) is -2.56. The van der Waals surface area contributed by atoms with Crippen molar-refractivity contribution in [3.63, 3.8) is 0 Å². The number of aromatic nitrogens is 1. The van der Waals surface area contributed by atoms with Gasteiger partial charge in [0.25, 0.3) is 6.47 Å². The van der Waals surface area contributed by atoms with Crippen molar-refractivity contribution in [3.05, 3.63) is 76.6 Å². The third-order valence-electron chi connectivity index (χ3n) is 8.50. The molecule has 12 heteroatoms. The first-order valence-corrected chi connectivity index (χ1v) is 15.3. The molecule has 3 heterocycles. The van der Waals surface area contributed by atoms with Gasteiger partial charge in [-0.15, -0.1) is 0 Å². The van der Waals surface area contributed by atoms with Crippen LogP contribution in [0.1, 0.15) is 56.2 Å². The van der Waals surface area contributed by atoms with E-state index < -0.39 is 35.2 Å². The van der Waals surface area contributed by atoms with Gasteiger partial charge < -0.3 is 25.0 Å². The molecule has 2 bridgehead atoms. The minimum absolute atomic E-state index is 0.0786. The predicted molar refractivity (Wildman–Crippen MR) is 166 cm³/mol. The van der Waals surface area contributed by atoms with Crippen LogP contribution in [0.25, 0.3) is 11.1 Å². The number of carbonyl (C=O) groups is 3. The second-order valence-electron chi connectivity index (χ2n) is 11.2. The molecular weight excluding hydrogens is 606 g/mol. The van der Waals surface area contributed by atoms with Gasteiger partial charge in [0.05, 0.1) is 35.3 Å². The van der Waals surface area contributed by atoms with Crippen molar-refractivity contribution in [2.75, 3.05) is 37.4 Å². The summed E-state index contributed by atoms with van der Waals surface area (Å²) >= 11 is 6.13. The monoisotopic (exact) mass is 640 g/mol. The lowest BCUT2D eigenvalue weighted by Gasteiger charge is -2.31. The van der Waals surface area contributed by atoms with E-state index in [4.69, 9.17) is 21.1 Å². The van der Waals surface area contributed by atoms with Crippen molar-refractivity contribution < 1.29 is 32.6 Å². The average molecular weight is 641 g/mol. The quantitative estimate of drug-likeness (QED) is 0.238. The SMILES string of the molecule is CCOC(=O)C1CCCCC(C(=O)N2CC[C@@](OC=O)(c3c(NC)ccc(Cl)c3F)C2)c2cc(ccn2)-c2cc(F)ccc2N1. The molecule has 1 saturated heterocycles. The lowest BCUT2D eigenvalue weighted by atomic mass is 9.90. The number of hydrogen-bond donors (Lipinski definition) is 2. The first kappa shape index (κ1) is 32.2. The number of pyridine rings is 1. The number of ether oxygens (including phenoxy) is 2. The fourth-order valence-electron chi connectivity index (χ4n) is 6.31. The Hall–Kier alpha value is -4.25. The van der Waals surface area contributed by atoms with Gasteiger partial charge in [-0.1, -0.05) is 24.4 Å². The van der Waals surface area contributed by atoms with E-state index >= 15 is 4.39 Å². The molecule has 238 valence electrons. The normalized spacial score (nSPS) is 21.4. The lowest BCUT2D eigenvalue weighted by molar-refractivity contribution is -0.146. The van der Waals surface area contributed by atoms with Crippen molar-refractivity contribution in [2.24, 2.45) is 0 Å². The standard InChI is InChI=1S/C33H35ClF2N4O5/c1-3-44-32(43)27-7-5-4-6-22(28-16-20(12-14-38-28)23-17-21(35)8-10-25(23)39-27)31(42)40-15-13-33(18-40,45-19-41)29-26(37-2)11-9-24(34)30(29)36/h8-12,14,16-17,19,22,27,37,39H,3-7,13,15,18H2,1-2H3/t22?,27?,33-/m0/s1. The molecule has 2 aliphatic rings. The van der Waals surface area contributed by atoms with Gasteiger partial charge in [0.1, 0.15) is 11.9 Å². The molecule has 0 radical (unpaired) electrons. The highest BCUT2D eigenvalue weighted by Gasteiger charge is 2.48. The third-order valence-corrected chi connectivity index (χ3v) is 8.79. The highest BCUT2D eigenvalue weighted by molar-refractivity contribution is 6.30. The van der Waals surface area contributed by atoms with E-state index in [9.17, 15) is 18.8 Å². The number of carbonyl (C=O) groups excluding carboxylic acids is 3. The Morgan fingerprint density at radius 2 is 1.98 bits per heavy atom. The third kappa shape index (κ3) is 6.58. The van der Waals surface area contributed by atoms with Crippen LogP contribution < -0.4 is 10.6 Å². The molecule has 45 heavy (non-hydrogen) atoms. The zero-order chi connectivity index (χ0) is 32.1. The van der Waals surface area contributed by atoms with E-state index in [1.165, 1.54) is 18.2 Å². The van der Waals surface area contributed by atoms with E-state index in [-0.39, 0.29) is 49.1 Å². The molecule has 3 atom stereocenters. The Balaban J connectivity index is 1.51. The number of hydrogen-bond acceptors (Lipinski definition) is 8. The highest BCUT2D eigenvalue weighted by atomic mass is 35.5. The van der Waals surface area contributed by atoms with Crippen LogP contribution in [0.4, 0.5) is 20.2 Å². The number of likely N-dealkylation sites (tertiary alicyclic amines) is 1. The Kier molecular flexibility index (Phi) is 9.86. The van der Waals surface area contributed by atoms with Crippen molar-refractivity contribution >= 4 is 41.3 Å². The molecule has 1 aromatic heterocycles. The van der Waals surface area contributed by atoms with E-state index in [0.29, 0.717) is 53.9 Å². The van der Waals surface area contributed by atoms with Crippen molar-refractivity contribution in [2.45, 2.75) is 56.6 Å². The summed E-state index contributed by atoms with van der Waals surface area (Å²) in [5, 5.41) is 6.05. The fourth-order valence-corrected chi connectivity index (χ4v) is 6.47. The summed E-state index contributed by atoms with van der Waals surface area (Å²) in [6, 6.07) is 10.1. The van der Waals surface area contributed by atoms with Crippen LogP contribution in [-0.4, -0.2) is 61.0 Å². The summed E-state index contributed by atoms with van der Waals surface area (Å²) in [7, 11) is 1.62. The summed E-state index contributed by atoms with van der Waals surface area (Å²) < 4.78 is 40.9. The van der Waals surface area contributed by atoms with Crippen molar-refractivity contribution in [1.29, 1.82) is 0 Å². The van der Waals surface area contributed by atoms with Gasteiger partial charge >= 0.3 is 5.97 Å². The van der Waals surface area contributed by atoms with Crippen LogP contribution >= 0.6 is 11.6 Å². The second-order valence-corrected chi connectivity index (χ2v) is 11.6. The number of anilines is 2. The largest absolute Gasteiger partial charge is 0.464 e. The van der Waals surface area contributed by atoms with E-state index in [2.05, 4.69) is 15.6 Å². The topological polar surface area (TPSA) is 110 Å². The Labute approximate surface area is 265 Å². The number of halogens is 3. The van der Waals surface area contributed by atoms with Crippen LogP contribution in [0, 0.1) is 11.6 Å². The average Bonchev–Trinajstić information content (AvgIpc) is 3.46. The Bertz CT molecular complexity index is 1590. The summed E-state index contributed by atoms with van der Waals surface area (Å²) in [4.78, 5) is 44.9. The Morgan fingerprint density at radius 1 is 1.18 bits per heavy atom. The zero-order valence-electron chi connectivity index (χ0n) is 25.1. The maximum Gasteiger partial charge on any atom is 0.328 e. The molecule has 0 saturated carbocycles. The maximum atomic E-state index is 15.5. The van der Waals surface area contributed by atoms with Gasteiger partial charge in [0, 0.05) is 43.1 Å². The van der Waals surface area contributed by atoms with Gasteiger partial charge in [-0.25, -0.2) is 13.6 Å². The number of esters is 1. The number of amides is 1. The van der Waals surface area contributed by atoms with Crippen LogP contribution in [0.2, 0.25) is 5.02 Å². The van der Waals surface area contributed by atoms with Gasteiger partial charge in [-0.05, 0) is 67.8 Å². The van der Waals surface area contributed by atoms with Crippen LogP contribution in [0.5, 0.6) is 0 Å². The summed E-state index contributed by atoms with van der Waals surface area (Å²) in [6.07, 6.45) is 3.74. The smallest absolute Gasteiger partial charge is 0.328 e. The first-order valence-electron chi connectivity index (χ1n) is 15.0. The zero-order valence-corrected chi connectivity index (χ0v) is 25.8. The molecule has 2 unspecified atom stereocenters. The number of fused-ring (bicyclic) bond motifs is 4. The number of benzene rings is 2. The summed E-state index contributed by atoms with van der Waals surface area (Å²) in [6.45, 7) is 2.33. The maximum absolute atomic E-state index is 15.5. The van der Waals surface area contributed by atoms with Gasteiger partial charge in [-0.3, -0.25) is 14.6 Å². The molecule has 2 aliphatic heterocycles. The molecule has 0 spiro atoms. The molecule has 1 amide bonds. The number of rotatable bonds is 7. The van der Waals surface area contributed by atoms with Gasteiger partial charge in [-0.2, -0.15) is 0 Å². The van der Waals surface area contributed by atoms with Gasteiger partial charge in [0.2, 0.25) is 5.91 Å². The predicted octanol–water partition coefficient (Wildman–Crippen LogP) is 6.02. The summed E-state index contributed by atoms with van der Waals surface area (Å²) in [5.41, 5.74) is 1.18. The van der Waals surface area contributed by atoms with E-state index in [0.717, 1.165) is 0 Å². The van der Waals surface area contributed by atoms with Gasteiger partial charge in [0.15, 0.2) is 11.4 Å². The first-order chi connectivity index (χ1) is 21.7. The molecular formula is C33H35ClF2N4O5. The van der Waals surface area contributed by atoms with Crippen LogP contribution in [0.3, 0.4) is 0 Å². The molecule has 3 aromatic rings. The minimum Gasteiger partial charge on any atom is -0.464 e. The molecule has 0 aliphatic carbocycles. The second kappa shape index (κ2) is 13.8. The van der Waals surface area contributed by atoms with Crippen molar-refractivity contribution in [1.82, 2.24) is 9.88 Å². The van der Waals surface area contributed by atoms with Crippen LogP contribution in [0.15, 0.2) is 48.7 Å². The lowest BCUT2D eigenvalue weighted by Crippen LogP contribution is -2.39. The minimum atomic E-state index is -1.46. The Morgan fingerprint density at radius 3 is 2.73 bits per heavy atom. The molecule has 5 rings (SSSR count). The molecule has 1 fully saturated rings. The number of nitrogens with zero attached hydrogens (tertiary/aromatic N) is 2.